The third kappa shape index (κ3) is 5.40. The van der Waals surface area contributed by atoms with E-state index in [1.807, 2.05) is 0 Å². The Morgan fingerprint density at radius 1 is 1.08 bits per heavy atom. The van der Waals surface area contributed by atoms with Crippen molar-refractivity contribution in [2.75, 3.05) is 16.9 Å². The fourth-order valence-electron chi connectivity index (χ4n) is 3.17. The van der Waals surface area contributed by atoms with E-state index in [1.54, 1.807) is 31.4 Å². The van der Waals surface area contributed by atoms with Crippen LogP contribution in [0.1, 0.15) is 11.3 Å². The van der Waals surface area contributed by atoms with E-state index in [1.165, 1.54) is 24.0 Å². The summed E-state index contributed by atoms with van der Waals surface area (Å²) in [5.74, 6) is -0.293. The van der Waals surface area contributed by atoms with E-state index in [9.17, 15) is 27.2 Å². The SMILES string of the molecule is CSc1cc(Oc2ccnc3[nH]c(=O)c(C)nc23)ccc1NC(=O)Nc1cc(C(F)(F)F)ccc1F. The van der Waals surface area contributed by atoms with Crippen molar-refractivity contribution in [1.82, 2.24) is 15.0 Å². The van der Waals surface area contributed by atoms with Crippen molar-refractivity contribution < 1.29 is 27.1 Å². The van der Waals surface area contributed by atoms with Gasteiger partial charge in [0.2, 0.25) is 0 Å². The molecule has 2 amide bonds. The minimum atomic E-state index is -4.69. The number of hydrogen-bond acceptors (Lipinski definition) is 6. The summed E-state index contributed by atoms with van der Waals surface area (Å²) in [7, 11) is 0. The topological polar surface area (TPSA) is 109 Å². The number of carbonyl (C=O) groups is 1. The number of carbonyl (C=O) groups excluding carboxylic acids is 1. The zero-order chi connectivity index (χ0) is 26.0. The average molecular weight is 519 g/mol. The summed E-state index contributed by atoms with van der Waals surface area (Å²) >= 11 is 1.26. The van der Waals surface area contributed by atoms with Gasteiger partial charge in [-0.25, -0.2) is 19.2 Å². The molecule has 8 nitrogen and oxygen atoms in total. The number of ether oxygens (including phenoxy) is 1. The van der Waals surface area contributed by atoms with E-state index in [0.29, 0.717) is 45.8 Å². The molecule has 0 saturated heterocycles. The Kier molecular flexibility index (Phi) is 6.84. The molecule has 0 radical (unpaired) electrons. The summed E-state index contributed by atoms with van der Waals surface area (Å²) in [6.45, 7) is 1.55. The van der Waals surface area contributed by atoms with Crippen LogP contribution in [0.2, 0.25) is 0 Å². The van der Waals surface area contributed by atoms with Gasteiger partial charge in [-0.1, -0.05) is 0 Å². The number of amides is 2. The quantitative estimate of drug-likeness (QED) is 0.222. The number of hydrogen-bond donors (Lipinski definition) is 3. The van der Waals surface area contributed by atoms with Crippen molar-refractivity contribution in [2.45, 2.75) is 18.0 Å². The van der Waals surface area contributed by atoms with Crippen LogP contribution >= 0.6 is 11.8 Å². The largest absolute Gasteiger partial charge is 0.455 e. The molecule has 4 rings (SSSR count). The Morgan fingerprint density at radius 3 is 2.56 bits per heavy atom. The second-order valence-electron chi connectivity index (χ2n) is 7.39. The molecule has 0 atom stereocenters. The smallest absolute Gasteiger partial charge is 0.416 e. The zero-order valence-electron chi connectivity index (χ0n) is 18.7. The number of anilines is 2. The number of H-pyrrole nitrogens is 1. The van der Waals surface area contributed by atoms with Crippen LogP contribution < -0.4 is 20.9 Å². The minimum absolute atomic E-state index is 0.243. The summed E-state index contributed by atoms with van der Waals surface area (Å²) in [6, 6.07) is 7.07. The van der Waals surface area contributed by atoms with Gasteiger partial charge in [0.1, 0.15) is 22.8 Å². The van der Waals surface area contributed by atoms with Crippen LogP contribution in [0.4, 0.5) is 33.7 Å². The van der Waals surface area contributed by atoms with E-state index in [4.69, 9.17) is 4.74 Å². The van der Waals surface area contributed by atoms with Crippen molar-refractivity contribution in [3.63, 3.8) is 0 Å². The molecule has 3 N–H and O–H groups in total. The number of alkyl halides is 3. The van der Waals surface area contributed by atoms with E-state index in [0.717, 1.165) is 0 Å². The first kappa shape index (κ1) is 25.0. The Morgan fingerprint density at radius 2 is 1.83 bits per heavy atom. The van der Waals surface area contributed by atoms with Gasteiger partial charge in [0.15, 0.2) is 11.4 Å². The van der Waals surface area contributed by atoms with E-state index >= 15 is 0 Å². The minimum Gasteiger partial charge on any atom is -0.455 e. The highest BCUT2D eigenvalue weighted by Crippen LogP contribution is 2.34. The van der Waals surface area contributed by atoms with Crippen molar-refractivity contribution in [3.8, 4) is 11.5 Å². The maximum absolute atomic E-state index is 14.0. The second-order valence-corrected chi connectivity index (χ2v) is 8.24. The van der Waals surface area contributed by atoms with Gasteiger partial charge in [-0.3, -0.25) is 4.79 Å². The Labute approximate surface area is 205 Å². The first-order chi connectivity index (χ1) is 17.0. The predicted molar refractivity (Wildman–Crippen MR) is 127 cm³/mol. The molecule has 0 bridgehead atoms. The van der Waals surface area contributed by atoms with E-state index in [-0.39, 0.29) is 16.9 Å². The van der Waals surface area contributed by atoms with Crippen LogP contribution in [-0.4, -0.2) is 27.2 Å². The summed E-state index contributed by atoms with van der Waals surface area (Å²) in [6.07, 6.45) is -1.49. The number of aryl methyl sites for hydroxylation is 1. The maximum atomic E-state index is 14.0. The van der Waals surface area contributed by atoms with Crippen LogP contribution in [0.3, 0.4) is 0 Å². The summed E-state index contributed by atoms with van der Waals surface area (Å²) in [4.78, 5) is 35.7. The molecule has 0 unspecified atom stereocenters. The number of nitrogens with zero attached hydrogens (tertiary/aromatic N) is 2. The summed E-state index contributed by atoms with van der Waals surface area (Å²) < 4.78 is 58.6. The molecule has 36 heavy (non-hydrogen) atoms. The Balaban J connectivity index is 1.54. The van der Waals surface area contributed by atoms with Crippen LogP contribution in [0, 0.1) is 12.7 Å². The van der Waals surface area contributed by atoms with Gasteiger partial charge in [0, 0.05) is 17.2 Å². The zero-order valence-corrected chi connectivity index (χ0v) is 19.5. The van der Waals surface area contributed by atoms with Crippen molar-refractivity contribution >= 4 is 40.3 Å². The van der Waals surface area contributed by atoms with E-state index < -0.39 is 29.3 Å². The third-order valence-corrected chi connectivity index (χ3v) is 5.70. The second kappa shape index (κ2) is 9.85. The highest BCUT2D eigenvalue weighted by molar-refractivity contribution is 7.98. The van der Waals surface area contributed by atoms with Gasteiger partial charge in [0.05, 0.1) is 16.9 Å². The molecule has 2 aromatic heterocycles. The molecule has 0 saturated carbocycles. The highest BCUT2D eigenvalue weighted by Gasteiger charge is 2.31. The van der Waals surface area contributed by atoms with E-state index in [2.05, 4.69) is 25.6 Å². The monoisotopic (exact) mass is 519 g/mol. The molecule has 0 fully saturated rings. The standard InChI is InChI=1S/C23H17F4N5O3S/c1-11-21(33)32-20-19(29-11)17(7-8-28-20)35-13-4-6-15(18(10-13)36-2)30-22(34)31-16-9-12(23(25,26)27)3-5-14(16)24/h3-10H,1-2H3,(H,28,32,33)(H2,30,31,34). The van der Waals surface area contributed by atoms with Crippen molar-refractivity contribution in [3.05, 3.63) is 76.1 Å². The number of pyridine rings is 1. The number of halogens is 4. The Hall–Kier alpha value is -4.13. The highest BCUT2D eigenvalue weighted by atomic mass is 32.2. The van der Waals surface area contributed by atoms with Crippen LogP contribution in [-0.2, 0) is 6.18 Å². The molecule has 4 aromatic rings. The van der Waals surface area contributed by atoms with Gasteiger partial charge in [-0.15, -0.1) is 11.8 Å². The molecule has 0 aliphatic heterocycles. The summed E-state index contributed by atoms with van der Waals surface area (Å²) in [5.41, 5.74) is -0.905. The first-order valence-electron chi connectivity index (χ1n) is 10.2. The number of aromatic amines is 1. The van der Waals surface area contributed by atoms with Crippen molar-refractivity contribution in [2.24, 2.45) is 0 Å². The lowest BCUT2D eigenvalue weighted by atomic mass is 10.2. The van der Waals surface area contributed by atoms with Gasteiger partial charge >= 0.3 is 12.2 Å². The van der Waals surface area contributed by atoms with Gasteiger partial charge < -0.3 is 20.4 Å². The number of fused-ring (bicyclic) bond motifs is 1. The lowest BCUT2D eigenvalue weighted by molar-refractivity contribution is -0.137. The fraction of sp³-hybridized carbons (Fsp3) is 0.130. The van der Waals surface area contributed by atoms with Crippen LogP contribution in [0.15, 0.2) is 58.4 Å². The predicted octanol–water partition coefficient (Wildman–Crippen LogP) is 5.94. The Bertz CT molecular complexity index is 1520. The van der Waals surface area contributed by atoms with Crippen LogP contribution in [0.5, 0.6) is 11.5 Å². The number of thioether (sulfide) groups is 1. The van der Waals surface area contributed by atoms with Gasteiger partial charge in [-0.05, 0) is 49.6 Å². The van der Waals surface area contributed by atoms with Gasteiger partial charge in [0.25, 0.3) is 5.56 Å². The maximum Gasteiger partial charge on any atom is 0.416 e. The molecule has 13 heteroatoms. The molecule has 0 aliphatic carbocycles. The number of urea groups is 1. The fourth-order valence-corrected chi connectivity index (χ4v) is 3.75. The summed E-state index contributed by atoms with van der Waals surface area (Å²) in [5, 5.41) is 4.59. The molecule has 0 aliphatic rings. The lowest BCUT2D eigenvalue weighted by Gasteiger charge is -2.14. The number of benzene rings is 2. The van der Waals surface area contributed by atoms with Gasteiger partial charge in [-0.2, -0.15) is 13.2 Å². The molecule has 2 heterocycles. The number of rotatable bonds is 5. The third-order valence-electron chi connectivity index (χ3n) is 4.92. The molecular formula is C23H17F4N5O3S. The normalized spacial score (nSPS) is 11.4. The molecule has 2 aromatic carbocycles. The number of aromatic nitrogens is 3. The van der Waals surface area contributed by atoms with Crippen LogP contribution in [0.25, 0.3) is 11.2 Å². The molecule has 186 valence electrons. The molecule has 0 spiro atoms. The first-order valence-corrected chi connectivity index (χ1v) is 11.4. The van der Waals surface area contributed by atoms with Crippen molar-refractivity contribution in [1.29, 1.82) is 0 Å². The number of nitrogens with one attached hydrogen (secondary N) is 3. The molecular weight excluding hydrogens is 502 g/mol. The average Bonchev–Trinajstić information content (AvgIpc) is 2.82. The lowest BCUT2D eigenvalue weighted by Crippen LogP contribution is -2.21.